The molecular weight excluding hydrogens is 451 g/mol. The van der Waals surface area contributed by atoms with Gasteiger partial charge >= 0.3 is 12.2 Å². The van der Waals surface area contributed by atoms with Crippen LogP contribution in [-0.4, -0.2) is 46.9 Å². The maximum Gasteiger partial charge on any atom is 0.422 e. The Morgan fingerprint density at radius 1 is 1.06 bits per heavy atom. The summed E-state index contributed by atoms with van der Waals surface area (Å²) in [6.45, 7) is 2.33. The highest BCUT2D eigenvalue weighted by Gasteiger charge is 2.30. The summed E-state index contributed by atoms with van der Waals surface area (Å²) in [5.41, 5.74) is 1.11. The van der Waals surface area contributed by atoms with Crippen LogP contribution in [0.1, 0.15) is 29.9 Å². The van der Waals surface area contributed by atoms with Crippen LogP contribution in [0.25, 0.3) is 0 Å². The molecule has 8 nitrogen and oxygen atoms in total. The van der Waals surface area contributed by atoms with Gasteiger partial charge in [-0.1, -0.05) is 30.3 Å². The molecule has 1 saturated heterocycles. The summed E-state index contributed by atoms with van der Waals surface area (Å²) < 4.78 is 54.3. The van der Waals surface area contributed by atoms with E-state index in [1.165, 1.54) is 0 Å². The van der Waals surface area contributed by atoms with E-state index in [1.54, 1.807) is 6.07 Å². The van der Waals surface area contributed by atoms with E-state index in [0.29, 0.717) is 25.5 Å². The Balaban J connectivity index is 1.39. The number of aromatic nitrogens is 3. The Hall–Kier alpha value is -3.34. The summed E-state index contributed by atoms with van der Waals surface area (Å²) in [7, 11) is 0. The molecule has 1 aliphatic rings. The van der Waals surface area contributed by atoms with Crippen LogP contribution in [-0.2, 0) is 17.9 Å². The van der Waals surface area contributed by atoms with Crippen molar-refractivity contribution in [2.75, 3.05) is 29.9 Å². The molecule has 34 heavy (non-hydrogen) atoms. The lowest BCUT2D eigenvalue weighted by atomic mass is 10.1. The minimum atomic E-state index is -4.50. The molecule has 3 aromatic rings. The van der Waals surface area contributed by atoms with Crippen molar-refractivity contribution in [2.45, 2.75) is 45.2 Å². The van der Waals surface area contributed by atoms with Gasteiger partial charge in [0.15, 0.2) is 6.61 Å². The number of alkyl halides is 3. The molecule has 182 valence electrons. The normalized spacial score (nSPS) is 14.9. The molecule has 0 atom stereocenters. The number of rotatable bonds is 9. The van der Waals surface area contributed by atoms with E-state index >= 15 is 0 Å². The average molecular weight is 477 g/mol. The van der Waals surface area contributed by atoms with Gasteiger partial charge in [-0.05, 0) is 37.5 Å². The molecule has 2 aromatic heterocycles. The van der Waals surface area contributed by atoms with Gasteiger partial charge in [-0.3, -0.25) is 0 Å². The van der Waals surface area contributed by atoms with E-state index < -0.39 is 12.8 Å². The van der Waals surface area contributed by atoms with Gasteiger partial charge in [0.2, 0.25) is 11.9 Å². The summed E-state index contributed by atoms with van der Waals surface area (Å²) in [6, 6.07) is 13.2. The van der Waals surface area contributed by atoms with Crippen molar-refractivity contribution >= 4 is 11.9 Å². The number of aryl methyl sites for hydroxylation is 1. The third-order valence-electron chi connectivity index (χ3n) is 5.24. The van der Waals surface area contributed by atoms with Gasteiger partial charge in [0.25, 0.3) is 0 Å². The first-order valence-electron chi connectivity index (χ1n) is 11.0. The first kappa shape index (κ1) is 23.8. The molecule has 0 spiro atoms. The molecule has 4 rings (SSSR count). The Morgan fingerprint density at radius 2 is 1.82 bits per heavy atom. The lowest BCUT2D eigenvalue weighted by Gasteiger charge is -2.32. The van der Waals surface area contributed by atoms with Gasteiger partial charge in [-0.2, -0.15) is 28.1 Å². The molecule has 0 aliphatic carbocycles. The van der Waals surface area contributed by atoms with Crippen molar-refractivity contribution in [1.82, 2.24) is 15.0 Å². The van der Waals surface area contributed by atoms with Crippen LogP contribution in [0.2, 0.25) is 0 Å². The van der Waals surface area contributed by atoms with Crippen molar-refractivity contribution in [2.24, 2.45) is 0 Å². The van der Waals surface area contributed by atoms with Gasteiger partial charge in [-0.15, -0.1) is 0 Å². The monoisotopic (exact) mass is 477 g/mol. The van der Waals surface area contributed by atoms with E-state index in [4.69, 9.17) is 13.9 Å². The second kappa shape index (κ2) is 10.7. The predicted octanol–water partition coefficient (Wildman–Crippen LogP) is 4.51. The highest BCUT2D eigenvalue weighted by molar-refractivity contribution is 5.39. The fraction of sp³-hybridized carbons (Fsp3) is 0.435. The van der Waals surface area contributed by atoms with E-state index in [0.717, 1.165) is 24.2 Å². The Labute approximate surface area is 195 Å². The smallest absolute Gasteiger partial charge is 0.422 e. The van der Waals surface area contributed by atoms with Gasteiger partial charge in [0.05, 0.1) is 19.3 Å². The molecule has 0 bridgehead atoms. The molecule has 0 amide bonds. The van der Waals surface area contributed by atoms with Gasteiger partial charge in [0.1, 0.15) is 11.5 Å². The maximum atomic E-state index is 12.7. The van der Waals surface area contributed by atoms with E-state index in [2.05, 4.69) is 20.3 Å². The van der Waals surface area contributed by atoms with Crippen LogP contribution >= 0.6 is 0 Å². The zero-order valence-corrected chi connectivity index (χ0v) is 18.7. The number of hydrogen-bond donors (Lipinski definition) is 1. The highest BCUT2D eigenvalue weighted by Crippen LogP contribution is 2.23. The summed E-state index contributed by atoms with van der Waals surface area (Å²) in [5.74, 6) is 1.76. The number of anilines is 2. The van der Waals surface area contributed by atoms with Crippen LogP contribution in [0.4, 0.5) is 25.1 Å². The fourth-order valence-electron chi connectivity index (χ4n) is 3.53. The summed E-state index contributed by atoms with van der Waals surface area (Å²) >= 11 is 0. The first-order chi connectivity index (χ1) is 16.3. The first-order valence-corrected chi connectivity index (χ1v) is 11.0. The zero-order valence-electron chi connectivity index (χ0n) is 18.7. The van der Waals surface area contributed by atoms with Crippen molar-refractivity contribution in [3.05, 3.63) is 59.5 Å². The SMILES string of the molecule is Cc1ccc(CNc2nc(OCC(F)(F)F)nc(N3CCC(OCc4ccccc4)CC3)n2)o1. The van der Waals surface area contributed by atoms with Crippen molar-refractivity contribution in [3.63, 3.8) is 0 Å². The van der Waals surface area contributed by atoms with Crippen LogP contribution in [0.15, 0.2) is 46.9 Å². The van der Waals surface area contributed by atoms with Gasteiger partial charge < -0.3 is 24.1 Å². The molecule has 0 unspecified atom stereocenters. The number of ether oxygens (including phenoxy) is 2. The fourth-order valence-corrected chi connectivity index (χ4v) is 3.53. The largest absolute Gasteiger partial charge is 0.465 e. The molecule has 0 radical (unpaired) electrons. The quantitative estimate of drug-likeness (QED) is 0.482. The molecular formula is C23H26F3N5O3. The predicted molar refractivity (Wildman–Crippen MR) is 119 cm³/mol. The van der Waals surface area contributed by atoms with Crippen LogP contribution in [0.3, 0.4) is 0 Å². The van der Waals surface area contributed by atoms with Gasteiger partial charge in [-0.25, -0.2) is 0 Å². The molecule has 1 aliphatic heterocycles. The summed E-state index contributed by atoms with van der Waals surface area (Å²) in [6.07, 6.45) is -2.93. The Bertz CT molecular complexity index is 1050. The molecule has 1 aromatic carbocycles. The third-order valence-corrected chi connectivity index (χ3v) is 5.24. The van der Waals surface area contributed by atoms with Crippen LogP contribution in [0, 0.1) is 6.92 Å². The summed E-state index contributed by atoms with van der Waals surface area (Å²) in [5, 5.41) is 2.97. The number of furan rings is 1. The maximum absolute atomic E-state index is 12.7. The third kappa shape index (κ3) is 7.08. The minimum absolute atomic E-state index is 0.0824. The number of nitrogens with one attached hydrogen (secondary N) is 1. The minimum Gasteiger partial charge on any atom is -0.465 e. The van der Waals surface area contributed by atoms with Gasteiger partial charge in [0, 0.05) is 13.1 Å². The molecule has 1 fully saturated rings. The van der Waals surface area contributed by atoms with Crippen molar-refractivity contribution in [1.29, 1.82) is 0 Å². The standard InChI is InChI=1S/C23H26F3N5O3/c1-16-7-8-19(34-16)13-27-20-28-21(30-22(29-20)33-15-23(24,25)26)31-11-9-18(10-12-31)32-14-17-5-3-2-4-6-17/h2-8,18H,9-15H2,1H3,(H,27,28,29,30). The number of halogens is 3. The highest BCUT2D eigenvalue weighted by atomic mass is 19.4. The second-order valence-corrected chi connectivity index (χ2v) is 7.99. The average Bonchev–Trinajstić information content (AvgIpc) is 3.26. The van der Waals surface area contributed by atoms with Crippen LogP contribution < -0.4 is 15.0 Å². The summed E-state index contributed by atoms with van der Waals surface area (Å²) in [4.78, 5) is 14.4. The molecule has 0 saturated carbocycles. The lowest BCUT2D eigenvalue weighted by Crippen LogP contribution is -2.38. The molecule has 11 heteroatoms. The number of hydrogen-bond acceptors (Lipinski definition) is 8. The zero-order chi connectivity index (χ0) is 24.0. The Kier molecular flexibility index (Phi) is 7.51. The number of benzene rings is 1. The van der Waals surface area contributed by atoms with E-state index in [-0.39, 0.29) is 30.6 Å². The molecule has 1 N–H and O–H groups in total. The number of piperidine rings is 1. The topological polar surface area (TPSA) is 85.5 Å². The van der Waals surface area contributed by atoms with Crippen molar-refractivity contribution in [3.8, 4) is 6.01 Å². The van der Waals surface area contributed by atoms with E-state index in [9.17, 15) is 13.2 Å². The molecule has 3 heterocycles. The Morgan fingerprint density at radius 3 is 2.50 bits per heavy atom. The van der Waals surface area contributed by atoms with Crippen molar-refractivity contribution < 1.29 is 27.1 Å². The number of nitrogens with zero attached hydrogens (tertiary/aromatic N) is 4. The van der Waals surface area contributed by atoms with E-state index in [1.807, 2.05) is 48.2 Å². The second-order valence-electron chi connectivity index (χ2n) is 7.99. The lowest BCUT2D eigenvalue weighted by molar-refractivity contribution is -0.154. The van der Waals surface area contributed by atoms with Crippen LogP contribution in [0.5, 0.6) is 6.01 Å².